The van der Waals surface area contributed by atoms with Gasteiger partial charge in [-0.2, -0.15) is 0 Å². The van der Waals surface area contributed by atoms with Gasteiger partial charge in [0.05, 0.1) is 17.6 Å². The van der Waals surface area contributed by atoms with Gasteiger partial charge < -0.3 is 10.5 Å². The zero-order valence-electron chi connectivity index (χ0n) is 6.91. The van der Waals surface area contributed by atoms with E-state index < -0.39 is 15.1 Å². The van der Waals surface area contributed by atoms with Crippen LogP contribution in [-0.2, 0) is 14.6 Å². The fourth-order valence-corrected chi connectivity index (χ4v) is 1.64. The molecule has 2 N–H and O–H groups in total. The Bertz CT molecular complexity index is 188. The third-order valence-corrected chi connectivity index (χ3v) is 3.67. The third kappa shape index (κ3) is 3.69. The summed E-state index contributed by atoms with van der Waals surface area (Å²) < 4.78 is 27.0. The topological polar surface area (TPSA) is 69.4 Å². The number of rotatable bonds is 5. The SMILES string of the molecule is COCCS(=O)(=O)C(C)CN. The number of methoxy groups -OCH3 is 1. The van der Waals surface area contributed by atoms with Crippen molar-refractivity contribution in [3.63, 3.8) is 0 Å². The van der Waals surface area contributed by atoms with E-state index in [1.54, 1.807) is 6.92 Å². The van der Waals surface area contributed by atoms with Crippen molar-refractivity contribution >= 4 is 9.84 Å². The Hall–Kier alpha value is -0.130. The van der Waals surface area contributed by atoms with Gasteiger partial charge in [-0.15, -0.1) is 0 Å². The molecule has 0 aromatic rings. The predicted octanol–water partition coefficient (Wildman–Crippen LogP) is -0.605. The van der Waals surface area contributed by atoms with Crippen LogP contribution in [0.5, 0.6) is 0 Å². The van der Waals surface area contributed by atoms with E-state index in [1.165, 1.54) is 7.11 Å². The standard InChI is InChI=1S/C6H15NO3S/c1-6(5-7)11(8,9)4-3-10-2/h6H,3-5,7H2,1-2H3. The molecule has 4 nitrogen and oxygen atoms in total. The molecule has 11 heavy (non-hydrogen) atoms. The van der Waals surface area contributed by atoms with E-state index in [2.05, 4.69) is 4.74 Å². The third-order valence-electron chi connectivity index (χ3n) is 1.52. The first kappa shape index (κ1) is 10.9. The predicted molar refractivity (Wildman–Crippen MR) is 44.2 cm³/mol. The largest absolute Gasteiger partial charge is 0.384 e. The minimum atomic E-state index is -3.02. The number of sulfone groups is 1. The quantitative estimate of drug-likeness (QED) is 0.614. The molecule has 0 aliphatic carbocycles. The average Bonchev–Trinajstić information content (AvgIpc) is 1.99. The van der Waals surface area contributed by atoms with Gasteiger partial charge >= 0.3 is 0 Å². The molecule has 0 saturated carbocycles. The molecule has 0 amide bonds. The Labute approximate surface area is 67.6 Å². The van der Waals surface area contributed by atoms with Gasteiger partial charge in [0.2, 0.25) is 0 Å². The maximum absolute atomic E-state index is 11.2. The highest BCUT2D eigenvalue weighted by molar-refractivity contribution is 7.92. The molecule has 0 aliphatic heterocycles. The lowest BCUT2D eigenvalue weighted by atomic mass is 10.5. The van der Waals surface area contributed by atoms with Gasteiger partial charge in [0, 0.05) is 13.7 Å². The summed E-state index contributed by atoms with van der Waals surface area (Å²) in [6.45, 7) is 2.02. The van der Waals surface area contributed by atoms with E-state index in [-0.39, 0.29) is 18.9 Å². The van der Waals surface area contributed by atoms with Crippen molar-refractivity contribution in [2.45, 2.75) is 12.2 Å². The fraction of sp³-hybridized carbons (Fsp3) is 1.00. The van der Waals surface area contributed by atoms with Gasteiger partial charge in [-0.25, -0.2) is 8.42 Å². The van der Waals surface area contributed by atoms with Crippen LogP contribution in [0.3, 0.4) is 0 Å². The summed E-state index contributed by atoms with van der Waals surface area (Å²) in [7, 11) is -1.55. The summed E-state index contributed by atoms with van der Waals surface area (Å²) in [5.41, 5.74) is 5.21. The number of hydrogen-bond acceptors (Lipinski definition) is 4. The minimum Gasteiger partial charge on any atom is -0.384 e. The van der Waals surface area contributed by atoms with Crippen LogP contribution in [0.1, 0.15) is 6.92 Å². The van der Waals surface area contributed by atoms with Crippen LogP contribution in [0.15, 0.2) is 0 Å². The van der Waals surface area contributed by atoms with Crippen molar-refractivity contribution in [1.29, 1.82) is 0 Å². The second kappa shape index (κ2) is 4.69. The van der Waals surface area contributed by atoms with Crippen molar-refractivity contribution in [2.24, 2.45) is 5.73 Å². The van der Waals surface area contributed by atoms with Crippen LogP contribution >= 0.6 is 0 Å². The van der Waals surface area contributed by atoms with Crippen LogP contribution in [0.4, 0.5) is 0 Å². The molecule has 0 aromatic carbocycles. The van der Waals surface area contributed by atoms with E-state index >= 15 is 0 Å². The Morgan fingerprint density at radius 3 is 2.45 bits per heavy atom. The Kier molecular flexibility index (Phi) is 4.63. The molecule has 0 spiro atoms. The van der Waals surface area contributed by atoms with Gasteiger partial charge in [0.25, 0.3) is 0 Å². The summed E-state index contributed by atoms with van der Waals surface area (Å²) >= 11 is 0. The number of ether oxygens (including phenoxy) is 1. The van der Waals surface area contributed by atoms with Crippen LogP contribution < -0.4 is 5.73 Å². The lowest BCUT2D eigenvalue weighted by Crippen LogP contribution is -2.30. The van der Waals surface area contributed by atoms with Crippen LogP contribution in [0.25, 0.3) is 0 Å². The molecule has 0 radical (unpaired) electrons. The molecule has 5 heteroatoms. The van der Waals surface area contributed by atoms with E-state index in [0.29, 0.717) is 0 Å². The van der Waals surface area contributed by atoms with Gasteiger partial charge in [-0.3, -0.25) is 0 Å². The lowest BCUT2D eigenvalue weighted by Gasteiger charge is -2.08. The van der Waals surface area contributed by atoms with Crippen LogP contribution in [0, 0.1) is 0 Å². The minimum absolute atomic E-state index is 0.0574. The number of hydrogen-bond donors (Lipinski definition) is 1. The second-order valence-corrected chi connectivity index (χ2v) is 4.94. The molecule has 1 unspecified atom stereocenters. The molecule has 0 aromatic heterocycles. The molecule has 0 rings (SSSR count). The molecule has 0 heterocycles. The van der Waals surface area contributed by atoms with Gasteiger partial charge in [0.15, 0.2) is 9.84 Å². The smallest absolute Gasteiger partial charge is 0.156 e. The fourth-order valence-electron chi connectivity index (χ4n) is 0.547. The van der Waals surface area contributed by atoms with E-state index in [4.69, 9.17) is 5.73 Å². The monoisotopic (exact) mass is 181 g/mol. The van der Waals surface area contributed by atoms with Gasteiger partial charge in [0.1, 0.15) is 0 Å². The summed E-state index contributed by atoms with van der Waals surface area (Å²) in [6, 6.07) is 0. The zero-order valence-corrected chi connectivity index (χ0v) is 7.73. The Morgan fingerprint density at radius 1 is 1.55 bits per heavy atom. The van der Waals surface area contributed by atoms with E-state index in [1.807, 2.05) is 0 Å². The summed E-state index contributed by atoms with van der Waals surface area (Å²) in [6.07, 6.45) is 0. The Morgan fingerprint density at radius 2 is 2.09 bits per heavy atom. The lowest BCUT2D eigenvalue weighted by molar-refractivity contribution is 0.217. The Balaban J connectivity index is 4.01. The molecule has 0 bridgehead atoms. The number of nitrogens with two attached hydrogens (primary N) is 1. The molecule has 0 aliphatic rings. The first-order valence-electron chi connectivity index (χ1n) is 3.45. The van der Waals surface area contributed by atoms with Crippen molar-refractivity contribution in [3.05, 3.63) is 0 Å². The van der Waals surface area contributed by atoms with Crippen molar-refractivity contribution < 1.29 is 13.2 Å². The summed E-state index contributed by atoms with van der Waals surface area (Å²) in [4.78, 5) is 0. The highest BCUT2D eigenvalue weighted by Gasteiger charge is 2.18. The van der Waals surface area contributed by atoms with Crippen LogP contribution in [0.2, 0.25) is 0 Å². The summed E-state index contributed by atoms with van der Waals surface area (Å²) in [5.74, 6) is 0.0574. The van der Waals surface area contributed by atoms with Gasteiger partial charge in [-0.1, -0.05) is 0 Å². The second-order valence-electron chi connectivity index (χ2n) is 2.41. The van der Waals surface area contributed by atoms with E-state index in [9.17, 15) is 8.42 Å². The van der Waals surface area contributed by atoms with Crippen molar-refractivity contribution in [2.75, 3.05) is 26.0 Å². The maximum Gasteiger partial charge on any atom is 0.156 e. The first-order chi connectivity index (χ1) is 5.04. The molecule has 0 saturated heterocycles. The van der Waals surface area contributed by atoms with E-state index in [0.717, 1.165) is 0 Å². The normalized spacial score (nSPS) is 14.8. The average molecular weight is 181 g/mol. The maximum atomic E-state index is 11.2. The van der Waals surface area contributed by atoms with Crippen molar-refractivity contribution in [3.8, 4) is 0 Å². The molecule has 0 fully saturated rings. The highest BCUT2D eigenvalue weighted by Crippen LogP contribution is 1.99. The molecular formula is C6H15NO3S. The molecule has 1 atom stereocenters. The van der Waals surface area contributed by atoms with Crippen molar-refractivity contribution in [1.82, 2.24) is 0 Å². The summed E-state index contributed by atoms with van der Waals surface area (Å²) in [5, 5.41) is -0.461. The highest BCUT2D eigenvalue weighted by atomic mass is 32.2. The first-order valence-corrected chi connectivity index (χ1v) is 5.16. The van der Waals surface area contributed by atoms with Gasteiger partial charge in [-0.05, 0) is 6.92 Å². The zero-order chi connectivity index (χ0) is 8.91. The van der Waals surface area contributed by atoms with Crippen LogP contribution in [-0.4, -0.2) is 39.7 Å². The molecular weight excluding hydrogens is 166 g/mol. The molecule has 68 valence electrons.